The number of carbonyl (C=O) groups is 3. The van der Waals surface area contributed by atoms with Gasteiger partial charge in [-0.2, -0.15) is 13.2 Å². The fraction of sp³-hybridized carbons (Fsp3) is 0.132. The van der Waals surface area contributed by atoms with E-state index in [1.807, 2.05) is 0 Å². The maximum Gasteiger partial charge on any atom is 0.416 e. The molecule has 256 valence electrons. The topological polar surface area (TPSA) is 116 Å². The first-order valence-electron chi connectivity index (χ1n) is 15.2. The second-order valence-corrected chi connectivity index (χ2v) is 11.9. The number of rotatable bonds is 11. The molecule has 0 radical (unpaired) electrons. The minimum Gasteiger partial charge on any atom is -0.507 e. The highest BCUT2D eigenvalue weighted by Crippen LogP contribution is 2.33. The zero-order valence-electron chi connectivity index (χ0n) is 26.0. The maximum absolute atomic E-state index is 13.8. The molecule has 4 N–H and O–H groups in total. The first-order chi connectivity index (χ1) is 23.8. The largest absolute Gasteiger partial charge is 0.507 e. The SMILES string of the molecule is O=C(N[C@@H](Cc1ccc(-c2cccc(C(F)(F)F)c2)cc1)C(=O)N[C@@H](Cc1ccccc1)C(=O)O)c1cc(-c2ccc(F)c(Cl)c2)ccc1O. The molecule has 0 fully saturated rings. The number of carboxylic acids is 1. The lowest BCUT2D eigenvalue weighted by Crippen LogP contribution is -2.53. The van der Waals surface area contributed by atoms with Gasteiger partial charge in [0.1, 0.15) is 23.7 Å². The molecular weight excluding hydrogens is 676 g/mol. The Balaban J connectivity index is 1.42. The molecule has 0 saturated carbocycles. The Kier molecular flexibility index (Phi) is 10.9. The number of aromatic hydroxyl groups is 1. The van der Waals surface area contributed by atoms with Gasteiger partial charge >= 0.3 is 12.1 Å². The molecule has 5 rings (SSSR count). The second kappa shape index (κ2) is 15.3. The molecule has 50 heavy (non-hydrogen) atoms. The molecule has 2 atom stereocenters. The van der Waals surface area contributed by atoms with E-state index >= 15 is 0 Å². The highest BCUT2D eigenvalue weighted by atomic mass is 35.5. The van der Waals surface area contributed by atoms with Gasteiger partial charge in [-0.05, 0) is 69.8 Å². The number of halogens is 5. The number of alkyl halides is 3. The normalized spacial score (nSPS) is 12.5. The standard InChI is InChI=1S/C38H29ClF4N2O5/c39-30-21-27(13-15-31(30)40)26-14-16-34(46)29(20-26)35(47)44-32(36(48)45-33(37(49)50)18-22-5-2-1-3-6-22)17-23-9-11-24(12-10-23)25-7-4-8-28(19-25)38(41,42)43/h1-16,19-21,32-33,46H,17-18H2,(H,44,47)(H,45,48)(H,49,50)/t32-,33-/m0/s1. The summed E-state index contributed by atoms with van der Waals surface area (Å²) < 4.78 is 53.6. The average molecular weight is 705 g/mol. The number of benzene rings is 5. The van der Waals surface area contributed by atoms with Crippen LogP contribution in [0.3, 0.4) is 0 Å². The third kappa shape index (κ3) is 8.86. The van der Waals surface area contributed by atoms with Crippen molar-refractivity contribution in [2.75, 3.05) is 0 Å². The Bertz CT molecular complexity index is 2020. The van der Waals surface area contributed by atoms with Crippen molar-refractivity contribution in [1.29, 1.82) is 0 Å². The van der Waals surface area contributed by atoms with Crippen LogP contribution < -0.4 is 10.6 Å². The van der Waals surface area contributed by atoms with Crippen LogP contribution in [0.2, 0.25) is 5.02 Å². The molecule has 7 nitrogen and oxygen atoms in total. The molecular formula is C38H29ClF4N2O5. The molecule has 2 amide bonds. The number of aliphatic carboxylic acids is 1. The van der Waals surface area contributed by atoms with Crippen LogP contribution >= 0.6 is 11.6 Å². The van der Waals surface area contributed by atoms with Crippen molar-refractivity contribution in [1.82, 2.24) is 10.6 Å². The van der Waals surface area contributed by atoms with Gasteiger partial charge in [-0.3, -0.25) is 9.59 Å². The zero-order valence-corrected chi connectivity index (χ0v) is 26.8. The monoisotopic (exact) mass is 704 g/mol. The molecule has 5 aromatic rings. The first-order valence-corrected chi connectivity index (χ1v) is 15.6. The Morgan fingerprint density at radius 1 is 0.680 bits per heavy atom. The molecule has 0 aliphatic rings. The smallest absolute Gasteiger partial charge is 0.416 e. The Morgan fingerprint density at radius 3 is 1.94 bits per heavy atom. The van der Waals surface area contributed by atoms with Crippen molar-refractivity contribution >= 4 is 29.4 Å². The van der Waals surface area contributed by atoms with Gasteiger partial charge in [0.2, 0.25) is 5.91 Å². The van der Waals surface area contributed by atoms with Crippen molar-refractivity contribution in [2.24, 2.45) is 0 Å². The number of phenolic OH excluding ortho intramolecular Hbond substituents is 1. The van der Waals surface area contributed by atoms with E-state index in [0.29, 0.717) is 33.4 Å². The van der Waals surface area contributed by atoms with Crippen LogP contribution in [0, 0.1) is 5.82 Å². The van der Waals surface area contributed by atoms with E-state index in [9.17, 15) is 42.2 Å². The molecule has 12 heteroatoms. The number of hydrogen-bond donors (Lipinski definition) is 4. The van der Waals surface area contributed by atoms with Gasteiger partial charge in [0.25, 0.3) is 5.91 Å². The van der Waals surface area contributed by atoms with Gasteiger partial charge in [-0.1, -0.05) is 90.5 Å². The predicted octanol–water partition coefficient (Wildman–Crippen LogP) is 7.69. The molecule has 0 aromatic heterocycles. The zero-order chi connectivity index (χ0) is 36.0. The number of phenols is 1. The number of carboxylic acid groups (broad SMARTS) is 1. The lowest BCUT2D eigenvalue weighted by Gasteiger charge is -2.22. The van der Waals surface area contributed by atoms with Crippen molar-refractivity contribution in [3.8, 4) is 28.0 Å². The van der Waals surface area contributed by atoms with Crippen LogP contribution in [0.5, 0.6) is 5.75 Å². The number of amides is 2. The summed E-state index contributed by atoms with van der Waals surface area (Å²) in [6.45, 7) is 0. The molecule has 0 spiro atoms. The molecule has 0 aliphatic heterocycles. The summed E-state index contributed by atoms with van der Waals surface area (Å²) in [6.07, 6.45) is -4.72. The molecule has 0 saturated heterocycles. The van der Waals surface area contributed by atoms with E-state index in [0.717, 1.165) is 18.2 Å². The van der Waals surface area contributed by atoms with Gasteiger partial charge in [-0.25, -0.2) is 9.18 Å². The maximum atomic E-state index is 13.8. The summed E-state index contributed by atoms with van der Waals surface area (Å²) >= 11 is 5.93. The molecule has 0 heterocycles. The summed E-state index contributed by atoms with van der Waals surface area (Å²) in [6, 6.07) is 25.0. The first kappa shape index (κ1) is 35.6. The Labute approximate surface area is 289 Å². The third-order valence-corrected chi connectivity index (χ3v) is 8.22. The number of carbonyl (C=O) groups excluding carboxylic acids is 2. The highest BCUT2D eigenvalue weighted by Gasteiger charge is 2.31. The molecule has 0 bridgehead atoms. The van der Waals surface area contributed by atoms with Crippen molar-refractivity contribution in [3.63, 3.8) is 0 Å². The van der Waals surface area contributed by atoms with Gasteiger partial charge in [0.05, 0.1) is 16.1 Å². The minimum atomic E-state index is -4.52. The molecule has 5 aromatic carbocycles. The van der Waals surface area contributed by atoms with Crippen LogP contribution in [0.1, 0.15) is 27.0 Å². The van der Waals surface area contributed by atoms with Crippen LogP contribution in [0.4, 0.5) is 17.6 Å². The van der Waals surface area contributed by atoms with E-state index < -0.39 is 53.2 Å². The molecule has 0 unspecified atom stereocenters. The highest BCUT2D eigenvalue weighted by molar-refractivity contribution is 6.31. The summed E-state index contributed by atoms with van der Waals surface area (Å²) in [7, 11) is 0. The van der Waals surface area contributed by atoms with E-state index in [-0.39, 0.29) is 23.4 Å². The third-order valence-electron chi connectivity index (χ3n) is 7.93. The van der Waals surface area contributed by atoms with Crippen molar-refractivity contribution < 1.29 is 42.2 Å². The predicted molar refractivity (Wildman–Crippen MR) is 180 cm³/mol. The van der Waals surface area contributed by atoms with Gasteiger partial charge in [0.15, 0.2) is 0 Å². The fourth-order valence-electron chi connectivity index (χ4n) is 5.28. The lowest BCUT2D eigenvalue weighted by atomic mass is 9.98. The number of hydrogen-bond acceptors (Lipinski definition) is 4. The summed E-state index contributed by atoms with van der Waals surface area (Å²) in [5.74, 6) is -4.06. The quantitative estimate of drug-likeness (QED) is 0.105. The summed E-state index contributed by atoms with van der Waals surface area (Å²) in [4.78, 5) is 39.4. The van der Waals surface area contributed by atoms with E-state index in [2.05, 4.69) is 10.6 Å². The van der Waals surface area contributed by atoms with E-state index in [4.69, 9.17) is 11.6 Å². The van der Waals surface area contributed by atoms with Crippen LogP contribution in [-0.4, -0.2) is 40.1 Å². The lowest BCUT2D eigenvalue weighted by molar-refractivity contribution is -0.142. The average Bonchev–Trinajstić information content (AvgIpc) is 3.09. The van der Waals surface area contributed by atoms with Gasteiger partial charge in [-0.15, -0.1) is 0 Å². The van der Waals surface area contributed by atoms with E-state index in [1.54, 1.807) is 54.6 Å². The van der Waals surface area contributed by atoms with Crippen molar-refractivity contribution in [3.05, 3.63) is 148 Å². The summed E-state index contributed by atoms with van der Waals surface area (Å²) in [5, 5.41) is 25.4. The van der Waals surface area contributed by atoms with Crippen molar-refractivity contribution in [2.45, 2.75) is 31.1 Å². The van der Waals surface area contributed by atoms with Crippen LogP contribution in [0.15, 0.2) is 115 Å². The van der Waals surface area contributed by atoms with E-state index in [1.165, 1.54) is 42.5 Å². The fourth-order valence-corrected chi connectivity index (χ4v) is 5.47. The van der Waals surface area contributed by atoms with Crippen LogP contribution in [0.25, 0.3) is 22.3 Å². The second-order valence-electron chi connectivity index (χ2n) is 11.5. The van der Waals surface area contributed by atoms with Gasteiger partial charge in [0, 0.05) is 12.8 Å². The molecule has 0 aliphatic carbocycles. The Hall–Kier alpha value is -5.68. The van der Waals surface area contributed by atoms with Gasteiger partial charge < -0.3 is 20.8 Å². The Morgan fingerprint density at radius 2 is 1.28 bits per heavy atom. The minimum absolute atomic E-state index is 0.0443. The summed E-state index contributed by atoms with van der Waals surface area (Å²) in [5.41, 5.74) is 1.76. The number of nitrogens with one attached hydrogen (secondary N) is 2. The van der Waals surface area contributed by atoms with Crippen LogP contribution in [-0.2, 0) is 28.6 Å².